The lowest BCUT2D eigenvalue weighted by Crippen LogP contribution is -2.30. The summed E-state index contributed by atoms with van der Waals surface area (Å²) in [6.07, 6.45) is 2.17. The summed E-state index contributed by atoms with van der Waals surface area (Å²) < 4.78 is 7.14. The Bertz CT molecular complexity index is 921. The van der Waals surface area contributed by atoms with Gasteiger partial charge < -0.3 is 9.84 Å². The van der Waals surface area contributed by atoms with Gasteiger partial charge in [0.25, 0.3) is 5.56 Å². The fraction of sp³-hybridized carbons (Fsp3) is 0.316. The van der Waals surface area contributed by atoms with E-state index < -0.39 is 6.10 Å². The third kappa shape index (κ3) is 3.85. The van der Waals surface area contributed by atoms with Gasteiger partial charge >= 0.3 is 0 Å². The van der Waals surface area contributed by atoms with E-state index in [-0.39, 0.29) is 18.7 Å². The van der Waals surface area contributed by atoms with E-state index >= 15 is 0 Å². The van der Waals surface area contributed by atoms with Crippen molar-refractivity contribution >= 4 is 11.0 Å². The van der Waals surface area contributed by atoms with Gasteiger partial charge in [-0.05, 0) is 29.7 Å². The van der Waals surface area contributed by atoms with Crippen LogP contribution in [0.3, 0.4) is 0 Å². The first-order valence-electron chi connectivity index (χ1n) is 8.26. The Morgan fingerprint density at radius 3 is 2.76 bits per heavy atom. The molecule has 0 amide bonds. The number of hydrogen-bond acceptors (Lipinski definition) is 5. The van der Waals surface area contributed by atoms with Gasteiger partial charge in [0.1, 0.15) is 24.8 Å². The third-order valence-corrected chi connectivity index (χ3v) is 3.98. The molecule has 25 heavy (non-hydrogen) atoms. The first kappa shape index (κ1) is 17.1. The van der Waals surface area contributed by atoms with Gasteiger partial charge in [-0.2, -0.15) is 0 Å². The molecule has 6 nitrogen and oxygen atoms in total. The summed E-state index contributed by atoms with van der Waals surface area (Å²) in [7, 11) is 0. The molecule has 0 spiro atoms. The molecule has 0 unspecified atom stereocenters. The summed E-state index contributed by atoms with van der Waals surface area (Å²) in [6.45, 7) is 4.39. The standard InChI is InChI=1S/C19H21N3O3/c1-13(2)15-6-3-4-8-17(15)25-11-14(23)10-22-12-21-18-16(19(22)24)7-5-9-20-18/h3-9,12-14,23H,10-11H2,1-2H3/t14-/m1/s1. The maximum absolute atomic E-state index is 12.4. The minimum absolute atomic E-state index is 0.0985. The van der Waals surface area contributed by atoms with Gasteiger partial charge in [0.2, 0.25) is 0 Å². The molecule has 0 saturated carbocycles. The monoisotopic (exact) mass is 339 g/mol. The van der Waals surface area contributed by atoms with Crippen molar-refractivity contribution in [2.75, 3.05) is 6.61 Å². The molecule has 2 aromatic heterocycles. The van der Waals surface area contributed by atoms with E-state index in [1.807, 2.05) is 24.3 Å². The molecule has 2 heterocycles. The highest BCUT2D eigenvalue weighted by atomic mass is 16.5. The predicted octanol–water partition coefficient (Wildman–Crippen LogP) is 2.35. The fourth-order valence-corrected chi connectivity index (χ4v) is 2.68. The third-order valence-electron chi connectivity index (χ3n) is 3.98. The molecule has 0 aliphatic rings. The van der Waals surface area contributed by atoms with Gasteiger partial charge in [0, 0.05) is 6.20 Å². The number of rotatable bonds is 6. The average Bonchev–Trinajstić information content (AvgIpc) is 2.63. The van der Waals surface area contributed by atoms with Gasteiger partial charge in [-0.15, -0.1) is 0 Å². The Balaban J connectivity index is 1.70. The molecule has 0 bridgehead atoms. The number of aromatic nitrogens is 3. The second kappa shape index (κ2) is 7.44. The quantitative estimate of drug-likeness (QED) is 0.746. The number of aliphatic hydroxyl groups excluding tert-OH is 1. The first-order valence-corrected chi connectivity index (χ1v) is 8.26. The van der Waals surface area contributed by atoms with Crippen LogP contribution in [0.1, 0.15) is 25.3 Å². The molecule has 3 rings (SSSR count). The second-order valence-corrected chi connectivity index (χ2v) is 6.23. The lowest BCUT2D eigenvalue weighted by atomic mass is 10.0. The van der Waals surface area contributed by atoms with Crippen LogP contribution >= 0.6 is 0 Å². The van der Waals surface area contributed by atoms with Crippen LogP contribution in [-0.2, 0) is 6.54 Å². The van der Waals surface area contributed by atoms with Crippen LogP contribution in [0.15, 0.2) is 53.7 Å². The summed E-state index contributed by atoms with van der Waals surface area (Å²) >= 11 is 0. The van der Waals surface area contributed by atoms with Crippen LogP contribution in [0.2, 0.25) is 0 Å². The summed E-state index contributed by atoms with van der Waals surface area (Å²) in [5, 5.41) is 10.7. The van der Waals surface area contributed by atoms with Gasteiger partial charge in [-0.1, -0.05) is 32.0 Å². The lowest BCUT2D eigenvalue weighted by Gasteiger charge is -2.17. The molecule has 0 radical (unpaired) electrons. The number of benzene rings is 1. The highest BCUT2D eigenvalue weighted by molar-refractivity contribution is 5.72. The predicted molar refractivity (Wildman–Crippen MR) is 95.8 cm³/mol. The van der Waals surface area contributed by atoms with Crippen molar-refractivity contribution in [3.05, 3.63) is 64.8 Å². The number of para-hydroxylation sites is 1. The molecule has 3 aromatic rings. The van der Waals surface area contributed by atoms with E-state index in [0.717, 1.165) is 11.3 Å². The van der Waals surface area contributed by atoms with Crippen LogP contribution in [-0.4, -0.2) is 32.4 Å². The topological polar surface area (TPSA) is 77.2 Å². The second-order valence-electron chi connectivity index (χ2n) is 6.23. The largest absolute Gasteiger partial charge is 0.491 e. The van der Waals surface area contributed by atoms with Gasteiger partial charge in [0.15, 0.2) is 5.65 Å². The maximum Gasteiger partial charge on any atom is 0.262 e. The molecule has 0 aliphatic heterocycles. The molecular weight excluding hydrogens is 318 g/mol. The Labute approximate surface area is 145 Å². The number of pyridine rings is 1. The van der Waals surface area contributed by atoms with Crippen molar-refractivity contribution in [3.63, 3.8) is 0 Å². The van der Waals surface area contributed by atoms with Crippen molar-refractivity contribution in [1.82, 2.24) is 14.5 Å². The van der Waals surface area contributed by atoms with Crippen molar-refractivity contribution in [2.45, 2.75) is 32.4 Å². The first-order chi connectivity index (χ1) is 12.1. The van der Waals surface area contributed by atoms with Gasteiger partial charge in [-0.3, -0.25) is 9.36 Å². The number of aliphatic hydroxyl groups is 1. The van der Waals surface area contributed by atoms with E-state index in [2.05, 4.69) is 23.8 Å². The molecule has 1 N–H and O–H groups in total. The van der Waals surface area contributed by atoms with Crippen LogP contribution in [0.25, 0.3) is 11.0 Å². The molecule has 0 saturated heterocycles. The highest BCUT2D eigenvalue weighted by Crippen LogP contribution is 2.25. The minimum atomic E-state index is -0.825. The van der Waals surface area contributed by atoms with Gasteiger partial charge in [-0.25, -0.2) is 9.97 Å². The maximum atomic E-state index is 12.4. The van der Waals surface area contributed by atoms with E-state index in [4.69, 9.17) is 4.74 Å². The summed E-state index contributed by atoms with van der Waals surface area (Å²) in [6, 6.07) is 11.1. The zero-order valence-electron chi connectivity index (χ0n) is 14.3. The Hall–Kier alpha value is -2.73. The number of ether oxygens (including phenoxy) is 1. The molecular formula is C19H21N3O3. The van der Waals surface area contributed by atoms with E-state index in [1.54, 1.807) is 18.3 Å². The fourth-order valence-electron chi connectivity index (χ4n) is 2.68. The average molecular weight is 339 g/mol. The van der Waals surface area contributed by atoms with Crippen molar-refractivity contribution in [1.29, 1.82) is 0 Å². The SMILES string of the molecule is CC(C)c1ccccc1OC[C@H](O)Cn1cnc2ncccc2c1=O. The number of fused-ring (bicyclic) bond motifs is 1. The Morgan fingerprint density at radius 1 is 1.16 bits per heavy atom. The molecule has 1 aromatic carbocycles. The molecule has 1 atom stereocenters. The Kier molecular flexibility index (Phi) is 5.09. The normalized spacial score (nSPS) is 12.5. The Morgan fingerprint density at radius 2 is 1.96 bits per heavy atom. The molecule has 0 aliphatic carbocycles. The summed E-state index contributed by atoms with van der Waals surface area (Å²) in [5.41, 5.74) is 1.27. The van der Waals surface area contributed by atoms with E-state index in [0.29, 0.717) is 17.0 Å². The van der Waals surface area contributed by atoms with Crippen LogP contribution in [0, 0.1) is 0 Å². The highest BCUT2D eigenvalue weighted by Gasteiger charge is 2.12. The zero-order valence-corrected chi connectivity index (χ0v) is 14.3. The number of nitrogens with zero attached hydrogens (tertiary/aromatic N) is 3. The van der Waals surface area contributed by atoms with E-state index in [1.165, 1.54) is 10.9 Å². The summed E-state index contributed by atoms with van der Waals surface area (Å²) in [5.74, 6) is 1.08. The summed E-state index contributed by atoms with van der Waals surface area (Å²) in [4.78, 5) is 20.6. The van der Waals surface area contributed by atoms with Crippen LogP contribution in [0.4, 0.5) is 0 Å². The number of hydrogen-bond donors (Lipinski definition) is 1. The minimum Gasteiger partial charge on any atom is -0.491 e. The van der Waals surface area contributed by atoms with E-state index in [9.17, 15) is 9.90 Å². The van der Waals surface area contributed by atoms with Crippen LogP contribution < -0.4 is 10.3 Å². The van der Waals surface area contributed by atoms with Crippen molar-refractivity contribution < 1.29 is 9.84 Å². The molecule has 6 heteroatoms. The van der Waals surface area contributed by atoms with Crippen molar-refractivity contribution in [3.8, 4) is 5.75 Å². The lowest BCUT2D eigenvalue weighted by molar-refractivity contribution is 0.0909. The van der Waals surface area contributed by atoms with Gasteiger partial charge in [0.05, 0.1) is 11.9 Å². The smallest absolute Gasteiger partial charge is 0.262 e. The zero-order chi connectivity index (χ0) is 17.8. The van der Waals surface area contributed by atoms with Crippen LogP contribution in [0.5, 0.6) is 5.75 Å². The molecule has 130 valence electrons. The molecule has 0 fully saturated rings. The van der Waals surface area contributed by atoms with Crippen molar-refractivity contribution in [2.24, 2.45) is 0 Å².